The first-order valence-electron chi connectivity index (χ1n) is 5.62. The van der Waals surface area contributed by atoms with Crippen molar-refractivity contribution in [1.82, 2.24) is 0 Å². The number of benzene rings is 1. The molecule has 1 aliphatic heterocycles. The normalized spacial score (nSPS) is 17.1. The number of hydrogen-bond acceptors (Lipinski definition) is 4. The third kappa shape index (κ3) is 2.00. The number of methoxy groups -OCH3 is 1. The van der Waals surface area contributed by atoms with E-state index in [-0.39, 0.29) is 5.97 Å². The zero-order chi connectivity index (χ0) is 12.3. The smallest absolute Gasteiger partial charge is 0.321 e. The minimum atomic E-state index is -0.651. The summed E-state index contributed by atoms with van der Waals surface area (Å²) < 4.78 is 15.5. The van der Waals surface area contributed by atoms with Crippen molar-refractivity contribution in [2.45, 2.75) is 12.3 Å². The third-order valence-corrected chi connectivity index (χ3v) is 2.97. The Kier molecular flexibility index (Phi) is 3.33. The molecule has 1 fully saturated rings. The van der Waals surface area contributed by atoms with Gasteiger partial charge in [-0.3, -0.25) is 4.79 Å². The van der Waals surface area contributed by atoms with Gasteiger partial charge in [0.15, 0.2) is 0 Å². The molecule has 1 aliphatic rings. The Hall–Kier alpha value is -1.55. The molecule has 0 atom stereocenters. The van der Waals surface area contributed by atoms with Crippen molar-refractivity contribution in [3.05, 3.63) is 29.8 Å². The van der Waals surface area contributed by atoms with Crippen LogP contribution in [0.4, 0.5) is 0 Å². The van der Waals surface area contributed by atoms with Crippen LogP contribution < -0.4 is 4.74 Å². The fourth-order valence-electron chi connectivity index (χ4n) is 1.95. The summed E-state index contributed by atoms with van der Waals surface area (Å²) in [5.74, 6) is 0.512. The molecule has 2 rings (SSSR count). The molecule has 0 N–H and O–H groups in total. The highest BCUT2D eigenvalue weighted by atomic mass is 16.5. The van der Waals surface area contributed by atoms with E-state index in [0.29, 0.717) is 19.8 Å². The lowest BCUT2D eigenvalue weighted by atomic mass is 9.78. The van der Waals surface area contributed by atoms with Crippen LogP contribution in [0, 0.1) is 0 Å². The average Bonchev–Trinajstić information content (AvgIpc) is 2.28. The van der Waals surface area contributed by atoms with E-state index in [1.807, 2.05) is 31.2 Å². The third-order valence-electron chi connectivity index (χ3n) is 2.97. The highest BCUT2D eigenvalue weighted by Crippen LogP contribution is 2.35. The zero-order valence-electron chi connectivity index (χ0n) is 10.1. The molecule has 4 heteroatoms. The molecule has 0 spiro atoms. The number of ether oxygens (including phenoxy) is 3. The molecule has 0 aromatic heterocycles. The van der Waals surface area contributed by atoms with Crippen LogP contribution in [0.3, 0.4) is 0 Å². The van der Waals surface area contributed by atoms with Crippen LogP contribution >= 0.6 is 0 Å². The van der Waals surface area contributed by atoms with Crippen LogP contribution in [0.1, 0.15) is 12.5 Å². The van der Waals surface area contributed by atoms with Crippen molar-refractivity contribution in [3.8, 4) is 5.75 Å². The molecule has 0 radical (unpaired) electrons. The van der Waals surface area contributed by atoms with Gasteiger partial charge in [0.25, 0.3) is 0 Å². The molecule has 1 aromatic carbocycles. The molecule has 1 heterocycles. The van der Waals surface area contributed by atoms with Gasteiger partial charge in [0.1, 0.15) is 11.2 Å². The maximum atomic E-state index is 11.8. The van der Waals surface area contributed by atoms with Crippen LogP contribution in [0.25, 0.3) is 0 Å². The molecule has 92 valence electrons. The van der Waals surface area contributed by atoms with Gasteiger partial charge in [-0.05, 0) is 24.6 Å². The van der Waals surface area contributed by atoms with Gasteiger partial charge >= 0.3 is 5.97 Å². The standard InChI is InChI=1S/C13H16O4/c1-3-17-11-6-4-5-10(7-11)13(8-16-9-13)12(14)15-2/h4-7H,3,8-9H2,1-2H3. The van der Waals surface area contributed by atoms with Crippen LogP contribution in [0.5, 0.6) is 5.75 Å². The fourth-order valence-corrected chi connectivity index (χ4v) is 1.95. The summed E-state index contributed by atoms with van der Waals surface area (Å²) in [7, 11) is 1.40. The van der Waals surface area contributed by atoms with Crippen molar-refractivity contribution < 1.29 is 19.0 Å². The quantitative estimate of drug-likeness (QED) is 0.744. The maximum absolute atomic E-state index is 11.8. The van der Waals surface area contributed by atoms with Gasteiger partial charge in [0.05, 0.1) is 26.9 Å². The second-order valence-corrected chi connectivity index (χ2v) is 4.03. The van der Waals surface area contributed by atoms with Crippen LogP contribution in [0.2, 0.25) is 0 Å². The predicted molar refractivity (Wildman–Crippen MR) is 62.1 cm³/mol. The Bertz CT molecular complexity index is 410. The Morgan fingerprint density at radius 1 is 1.47 bits per heavy atom. The predicted octanol–water partition coefficient (Wildman–Crippen LogP) is 1.53. The van der Waals surface area contributed by atoms with E-state index >= 15 is 0 Å². The summed E-state index contributed by atoms with van der Waals surface area (Å²) in [6, 6.07) is 7.53. The summed E-state index contributed by atoms with van der Waals surface area (Å²) in [5.41, 5.74) is 0.239. The van der Waals surface area contributed by atoms with Crippen molar-refractivity contribution in [2.75, 3.05) is 26.9 Å². The summed E-state index contributed by atoms with van der Waals surface area (Å²) in [6.45, 7) is 3.27. The molecule has 0 unspecified atom stereocenters. The van der Waals surface area contributed by atoms with Crippen molar-refractivity contribution in [1.29, 1.82) is 0 Å². The summed E-state index contributed by atoms with van der Waals surface area (Å²) in [4.78, 5) is 11.8. The highest BCUT2D eigenvalue weighted by molar-refractivity contribution is 5.84. The second kappa shape index (κ2) is 4.75. The summed E-state index contributed by atoms with van der Waals surface area (Å²) in [5, 5.41) is 0. The molecule has 1 aromatic rings. The SMILES string of the molecule is CCOc1cccc(C2(C(=O)OC)COC2)c1. The van der Waals surface area contributed by atoms with Crippen LogP contribution in [-0.4, -0.2) is 32.9 Å². The van der Waals surface area contributed by atoms with Gasteiger partial charge in [-0.1, -0.05) is 12.1 Å². The second-order valence-electron chi connectivity index (χ2n) is 4.03. The van der Waals surface area contributed by atoms with Crippen molar-refractivity contribution >= 4 is 5.97 Å². The van der Waals surface area contributed by atoms with Gasteiger partial charge in [-0.25, -0.2) is 0 Å². The molecule has 17 heavy (non-hydrogen) atoms. The molecule has 0 aliphatic carbocycles. The fraction of sp³-hybridized carbons (Fsp3) is 0.462. The van der Waals surface area contributed by atoms with E-state index in [1.165, 1.54) is 7.11 Å². The molecular formula is C13H16O4. The first-order chi connectivity index (χ1) is 8.23. The van der Waals surface area contributed by atoms with E-state index < -0.39 is 5.41 Å². The molecule has 0 amide bonds. The van der Waals surface area contributed by atoms with Gasteiger partial charge in [-0.2, -0.15) is 0 Å². The van der Waals surface area contributed by atoms with E-state index in [9.17, 15) is 4.79 Å². The number of rotatable bonds is 4. The highest BCUT2D eigenvalue weighted by Gasteiger charge is 2.48. The Balaban J connectivity index is 2.31. The molecule has 0 saturated carbocycles. The number of carbonyl (C=O) groups is 1. The van der Waals surface area contributed by atoms with E-state index in [0.717, 1.165) is 11.3 Å². The maximum Gasteiger partial charge on any atom is 0.321 e. The molecule has 0 bridgehead atoms. The molecule has 1 saturated heterocycles. The lowest BCUT2D eigenvalue weighted by molar-refractivity contribution is -0.166. The van der Waals surface area contributed by atoms with Gasteiger partial charge < -0.3 is 14.2 Å². The van der Waals surface area contributed by atoms with Crippen LogP contribution in [0.15, 0.2) is 24.3 Å². The Morgan fingerprint density at radius 3 is 2.76 bits per heavy atom. The lowest BCUT2D eigenvalue weighted by Gasteiger charge is -2.38. The van der Waals surface area contributed by atoms with E-state index in [2.05, 4.69) is 0 Å². The Labute approximate surface area is 100 Å². The van der Waals surface area contributed by atoms with Gasteiger partial charge in [0, 0.05) is 0 Å². The van der Waals surface area contributed by atoms with Crippen molar-refractivity contribution in [2.24, 2.45) is 0 Å². The monoisotopic (exact) mass is 236 g/mol. The summed E-state index contributed by atoms with van der Waals surface area (Å²) in [6.07, 6.45) is 0. The minimum absolute atomic E-state index is 0.252. The zero-order valence-corrected chi connectivity index (χ0v) is 10.1. The molecular weight excluding hydrogens is 220 g/mol. The van der Waals surface area contributed by atoms with E-state index in [4.69, 9.17) is 14.2 Å². The van der Waals surface area contributed by atoms with Crippen LogP contribution in [-0.2, 0) is 19.7 Å². The molecule has 4 nitrogen and oxygen atoms in total. The first-order valence-corrected chi connectivity index (χ1v) is 5.62. The van der Waals surface area contributed by atoms with Crippen molar-refractivity contribution in [3.63, 3.8) is 0 Å². The number of hydrogen-bond donors (Lipinski definition) is 0. The minimum Gasteiger partial charge on any atom is -0.494 e. The lowest BCUT2D eigenvalue weighted by Crippen LogP contribution is -2.53. The first kappa shape index (κ1) is 11.9. The Morgan fingerprint density at radius 2 is 2.24 bits per heavy atom. The topological polar surface area (TPSA) is 44.8 Å². The largest absolute Gasteiger partial charge is 0.494 e. The number of esters is 1. The summed E-state index contributed by atoms with van der Waals surface area (Å²) >= 11 is 0. The van der Waals surface area contributed by atoms with Gasteiger partial charge in [0.2, 0.25) is 0 Å². The van der Waals surface area contributed by atoms with E-state index in [1.54, 1.807) is 0 Å². The van der Waals surface area contributed by atoms with Gasteiger partial charge in [-0.15, -0.1) is 0 Å². The average molecular weight is 236 g/mol. The number of carbonyl (C=O) groups excluding carboxylic acids is 1.